The van der Waals surface area contributed by atoms with Gasteiger partial charge in [-0.1, -0.05) is 18.2 Å². The SMILES string of the molecule is COc1ccccc1[C@H](Cn1c(=O)n(C(C)(C)C(=O)O)c(=O)c2c(C)c(C#N)sc21)O[C@@H]1C[C@H]2CC[C@@H](C1)O2. The third-order valence-electron chi connectivity index (χ3n) is 7.83. The molecule has 2 aliphatic rings. The summed E-state index contributed by atoms with van der Waals surface area (Å²) in [6, 6.07) is 9.49. The summed E-state index contributed by atoms with van der Waals surface area (Å²) < 4.78 is 20.5. The molecule has 1 N–H and O–H groups in total. The molecular formula is C28H31N3O7S. The minimum Gasteiger partial charge on any atom is -0.496 e. The summed E-state index contributed by atoms with van der Waals surface area (Å²) in [5.74, 6) is -0.739. The highest BCUT2D eigenvalue weighted by molar-refractivity contribution is 7.19. The van der Waals surface area contributed by atoms with Gasteiger partial charge in [0.1, 0.15) is 33.2 Å². The first-order valence-corrected chi connectivity index (χ1v) is 13.7. The number of carboxylic acids is 1. The first-order chi connectivity index (χ1) is 18.6. The van der Waals surface area contributed by atoms with Gasteiger partial charge in [0.05, 0.1) is 37.4 Å². The van der Waals surface area contributed by atoms with Crippen molar-refractivity contribution in [3.8, 4) is 11.8 Å². The lowest BCUT2D eigenvalue weighted by molar-refractivity contribution is -0.146. The van der Waals surface area contributed by atoms with Crippen molar-refractivity contribution >= 4 is 27.5 Å². The van der Waals surface area contributed by atoms with Gasteiger partial charge in [0, 0.05) is 5.56 Å². The van der Waals surface area contributed by atoms with Gasteiger partial charge in [0.2, 0.25) is 0 Å². The third-order valence-corrected chi connectivity index (χ3v) is 9.05. The highest BCUT2D eigenvalue weighted by Crippen LogP contribution is 2.38. The van der Waals surface area contributed by atoms with Crippen LogP contribution in [0.4, 0.5) is 0 Å². The molecule has 0 spiro atoms. The second-order valence-corrected chi connectivity index (χ2v) is 11.7. The summed E-state index contributed by atoms with van der Waals surface area (Å²) in [7, 11) is 1.56. The van der Waals surface area contributed by atoms with Crippen LogP contribution in [-0.4, -0.2) is 45.6 Å². The van der Waals surface area contributed by atoms with Crippen LogP contribution in [0, 0.1) is 18.3 Å². The summed E-state index contributed by atoms with van der Waals surface area (Å²) >= 11 is 1.04. The van der Waals surface area contributed by atoms with E-state index in [0.29, 0.717) is 16.1 Å². The third kappa shape index (κ3) is 4.67. The number of fused-ring (bicyclic) bond motifs is 3. The average molecular weight is 554 g/mol. The Hall–Kier alpha value is -3.46. The molecule has 2 aliphatic heterocycles. The van der Waals surface area contributed by atoms with E-state index in [1.165, 1.54) is 18.4 Å². The van der Waals surface area contributed by atoms with Crippen molar-refractivity contribution < 1.29 is 24.1 Å². The number of aliphatic carboxylic acids is 1. The molecule has 11 heteroatoms. The summed E-state index contributed by atoms with van der Waals surface area (Å²) in [6.45, 7) is 4.25. The Morgan fingerprint density at radius 1 is 1.26 bits per heavy atom. The zero-order valence-electron chi connectivity index (χ0n) is 22.3. The molecule has 1 aromatic carbocycles. The van der Waals surface area contributed by atoms with Crippen molar-refractivity contribution in [1.29, 1.82) is 5.26 Å². The number of methoxy groups -OCH3 is 1. The Morgan fingerprint density at radius 2 is 1.92 bits per heavy atom. The van der Waals surface area contributed by atoms with E-state index in [9.17, 15) is 24.8 Å². The number of hydrogen-bond donors (Lipinski definition) is 1. The molecule has 4 heterocycles. The van der Waals surface area contributed by atoms with E-state index in [0.717, 1.165) is 47.2 Å². The monoisotopic (exact) mass is 553 g/mol. The van der Waals surface area contributed by atoms with Gasteiger partial charge in [0.15, 0.2) is 0 Å². The average Bonchev–Trinajstić information content (AvgIpc) is 3.43. The van der Waals surface area contributed by atoms with Crippen molar-refractivity contribution in [2.75, 3.05) is 7.11 Å². The molecule has 0 radical (unpaired) electrons. The summed E-state index contributed by atoms with van der Waals surface area (Å²) in [4.78, 5) is 40.3. The number of nitrogens with zero attached hydrogens (tertiary/aromatic N) is 3. The highest BCUT2D eigenvalue weighted by atomic mass is 32.1. The molecule has 4 atom stereocenters. The number of hydrogen-bond acceptors (Lipinski definition) is 8. The second-order valence-electron chi connectivity index (χ2n) is 10.7. The van der Waals surface area contributed by atoms with Crippen LogP contribution in [0.15, 0.2) is 33.9 Å². The van der Waals surface area contributed by atoms with Gasteiger partial charge in [-0.25, -0.2) is 14.2 Å². The van der Waals surface area contributed by atoms with Crippen LogP contribution in [-0.2, 0) is 26.4 Å². The first-order valence-electron chi connectivity index (χ1n) is 12.9. The van der Waals surface area contributed by atoms with Gasteiger partial charge in [0.25, 0.3) is 5.56 Å². The number of aromatic nitrogens is 2. The van der Waals surface area contributed by atoms with Crippen molar-refractivity contribution in [3.63, 3.8) is 0 Å². The van der Waals surface area contributed by atoms with Crippen LogP contribution < -0.4 is 16.0 Å². The predicted molar refractivity (Wildman–Crippen MR) is 144 cm³/mol. The number of aryl methyl sites for hydroxylation is 1. The molecule has 39 heavy (non-hydrogen) atoms. The Morgan fingerprint density at radius 3 is 2.54 bits per heavy atom. The fourth-order valence-electron chi connectivity index (χ4n) is 5.67. The zero-order chi connectivity index (χ0) is 28.1. The van der Waals surface area contributed by atoms with Gasteiger partial charge in [-0.15, -0.1) is 11.3 Å². The predicted octanol–water partition coefficient (Wildman–Crippen LogP) is 3.70. The van der Waals surface area contributed by atoms with Crippen LogP contribution in [0.5, 0.6) is 5.75 Å². The van der Waals surface area contributed by atoms with Crippen molar-refractivity contribution in [3.05, 3.63) is 61.1 Å². The van der Waals surface area contributed by atoms with E-state index < -0.39 is 28.9 Å². The Balaban J connectivity index is 1.70. The lowest BCUT2D eigenvalue weighted by atomic mass is 10.0. The number of nitriles is 1. The molecule has 2 bridgehead atoms. The largest absolute Gasteiger partial charge is 0.496 e. The van der Waals surface area contributed by atoms with Crippen LogP contribution in [0.3, 0.4) is 0 Å². The minimum absolute atomic E-state index is 0.0107. The molecular weight excluding hydrogens is 522 g/mol. The van der Waals surface area contributed by atoms with Gasteiger partial charge in [-0.3, -0.25) is 9.36 Å². The van der Waals surface area contributed by atoms with Crippen molar-refractivity contribution in [2.24, 2.45) is 0 Å². The molecule has 0 aliphatic carbocycles. The lowest BCUT2D eigenvalue weighted by Crippen LogP contribution is -2.52. The maximum Gasteiger partial charge on any atom is 0.333 e. The number of para-hydroxylation sites is 1. The number of carbonyl (C=O) groups is 1. The lowest BCUT2D eigenvalue weighted by Gasteiger charge is -2.32. The summed E-state index contributed by atoms with van der Waals surface area (Å²) in [6.07, 6.45) is 2.95. The van der Waals surface area contributed by atoms with Gasteiger partial charge in [-0.05, 0) is 58.1 Å². The first kappa shape index (κ1) is 27.1. The van der Waals surface area contributed by atoms with Crippen LogP contribution in [0.25, 0.3) is 10.2 Å². The molecule has 206 valence electrons. The Kier molecular flexibility index (Phi) is 7.13. The number of rotatable bonds is 8. The van der Waals surface area contributed by atoms with Crippen molar-refractivity contribution in [1.82, 2.24) is 9.13 Å². The fraction of sp³-hybridized carbons (Fsp3) is 0.500. The maximum atomic E-state index is 14.0. The van der Waals surface area contributed by atoms with Crippen LogP contribution in [0.2, 0.25) is 0 Å². The van der Waals surface area contributed by atoms with Crippen molar-refractivity contribution in [2.45, 2.75) is 83.0 Å². The molecule has 2 fully saturated rings. The van der Waals surface area contributed by atoms with E-state index in [1.807, 2.05) is 24.3 Å². The smallest absolute Gasteiger partial charge is 0.333 e. The number of benzene rings is 1. The highest BCUT2D eigenvalue weighted by Gasteiger charge is 2.38. The molecule has 2 saturated heterocycles. The quantitative estimate of drug-likeness (QED) is 0.447. The summed E-state index contributed by atoms with van der Waals surface area (Å²) in [5, 5.41) is 19.8. The van der Waals surface area contributed by atoms with Gasteiger partial charge >= 0.3 is 11.7 Å². The van der Waals surface area contributed by atoms with E-state index in [-0.39, 0.29) is 35.1 Å². The number of carboxylic acid groups (broad SMARTS) is 1. The zero-order valence-corrected chi connectivity index (χ0v) is 23.1. The minimum atomic E-state index is -1.83. The van der Waals surface area contributed by atoms with Gasteiger partial charge in [-0.2, -0.15) is 5.26 Å². The normalized spacial score (nSPS) is 21.6. The van der Waals surface area contributed by atoms with Crippen LogP contribution >= 0.6 is 11.3 Å². The molecule has 10 nitrogen and oxygen atoms in total. The molecule has 0 saturated carbocycles. The number of ether oxygens (including phenoxy) is 3. The number of thiophene rings is 1. The molecule has 0 unspecified atom stereocenters. The topological polar surface area (TPSA) is 133 Å². The van der Waals surface area contributed by atoms with Crippen LogP contribution in [0.1, 0.15) is 61.6 Å². The standard InChI is InChI=1S/C28H31N3O7S/c1-15-22(13-29)39-25-23(15)24(32)31(28(2,3)26(33)34)27(35)30(25)14-21(19-7-5-6-8-20(19)36-4)38-18-11-16-9-10-17(12-18)37-16/h5-8,16-18,21H,9-12,14H2,1-4H3,(H,33,34)/t16-,17+,18-,21-/m0/s1. The summed E-state index contributed by atoms with van der Waals surface area (Å²) in [5.41, 5.74) is -2.19. The molecule has 3 aromatic rings. The molecule has 2 aromatic heterocycles. The Labute approximate surface area is 229 Å². The molecule has 0 amide bonds. The Bertz CT molecular complexity index is 1580. The fourth-order valence-corrected chi connectivity index (χ4v) is 6.77. The van der Waals surface area contributed by atoms with E-state index in [1.54, 1.807) is 14.0 Å². The van der Waals surface area contributed by atoms with E-state index >= 15 is 0 Å². The second kappa shape index (κ2) is 10.3. The van der Waals surface area contributed by atoms with E-state index in [4.69, 9.17) is 14.2 Å². The maximum absolute atomic E-state index is 14.0. The van der Waals surface area contributed by atoms with Gasteiger partial charge < -0.3 is 19.3 Å². The van der Waals surface area contributed by atoms with E-state index in [2.05, 4.69) is 6.07 Å². The molecule has 5 rings (SSSR count).